The van der Waals surface area contributed by atoms with E-state index in [1.54, 1.807) is 0 Å². The molecule has 0 aromatic carbocycles. The maximum Gasteiger partial charge on any atom is 0.230 e. The number of nitrogens with one attached hydrogen (secondary N) is 2. The van der Waals surface area contributed by atoms with E-state index in [0.29, 0.717) is 0 Å². The van der Waals surface area contributed by atoms with Gasteiger partial charge in [-0.1, -0.05) is 0 Å². The second kappa shape index (κ2) is 5.25. The average molecular weight is 213 g/mol. The summed E-state index contributed by atoms with van der Waals surface area (Å²) in [5, 5.41) is -0.129. The largest absolute Gasteiger partial charge is 0.384 e. The number of hydrogen-bond acceptors (Lipinski definition) is 4. The standard InChI is InChI=1S/C4H11N3O3S2/c1-10-2-3-12(8,9)7-6-4(5)11/h7H,2-3H2,1H3,(H3,5,6,11). The third-order valence-corrected chi connectivity index (χ3v) is 2.11. The van der Waals surface area contributed by atoms with Crippen LogP contribution in [0.25, 0.3) is 0 Å². The highest BCUT2D eigenvalue weighted by Gasteiger charge is 2.08. The lowest BCUT2D eigenvalue weighted by Gasteiger charge is -2.06. The number of hydrazine groups is 1. The van der Waals surface area contributed by atoms with E-state index < -0.39 is 10.0 Å². The smallest absolute Gasteiger partial charge is 0.230 e. The maximum atomic E-state index is 10.9. The molecule has 6 nitrogen and oxygen atoms in total. The Balaban J connectivity index is 3.80. The first-order chi connectivity index (χ1) is 5.48. The number of ether oxygens (including phenoxy) is 1. The minimum absolute atomic E-state index is 0.119. The number of nitrogens with two attached hydrogens (primary N) is 1. The van der Waals surface area contributed by atoms with E-state index in [-0.39, 0.29) is 17.5 Å². The molecule has 8 heteroatoms. The van der Waals surface area contributed by atoms with Gasteiger partial charge in [-0.15, -0.1) is 4.83 Å². The van der Waals surface area contributed by atoms with Crippen molar-refractivity contribution in [3.63, 3.8) is 0 Å². The lowest BCUT2D eigenvalue weighted by molar-refractivity contribution is 0.217. The Bertz CT molecular complexity index is 238. The molecule has 0 radical (unpaired) electrons. The third kappa shape index (κ3) is 6.28. The highest BCUT2D eigenvalue weighted by Crippen LogP contribution is 1.81. The quantitative estimate of drug-likeness (QED) is 0.372. The van der Waals surface area contributed by atoms with Gasteiger partial charge in [-0.05, 0) is 12.2 Å². The minimum atomic E-state index is -3.39. The zero-order valence-corrected chi connectivity index (χ0v) is 8.17. The molecule has 0 aliphatic carbocycles. The van der Waals surface area contributed by atoms with Gasteiger partial charge in [0.25, 0.3) is 0 Å². The van der Waals surface area contributed by atoms with Gasteiger partial charge in [-0.25, -0.2) is 8.42 Å². The topological polar surface area (TPSA) is 93.5 Å². The molecule has 0 atom stereocenters. The van der Waals surface area contributed by atoms with Crippen molar-refractivity contribution in [2.45, 2.75) is 0 Å². The van der Waals surface area contributed by atoms with E-state index in [1.807, 2.05) is 4.83 Å². The molecule has 0 heterocycles. The molecule has 0 aliphatic heterocycles. The Kier molecular flexibility index (Phi) is 5.06. The molecule has 12 heavy (non-hydrogen) atoms. The van der Waals surface area contributed by atoms with E-state index in [4.69, 9.17) is 5.73 Å². The molecule has 0 aromatic rings. The van der Waals surface area contributed by atoms with E-state index in [9.17, 15) is 8.42 Å². The molecule has 0 saturated carbocycles. The van der Waals surface area contributed by atoms with Crippen molar-refractivity contribution in [1.29, 1.82) is 0 Å². The molecule has 0 rings (SSSR count). The zero-order valence-electron chi connectivity index (χ0n) is 6.53. The highest BCUT2D eigenvalue weighted by molar-refractivity contribution is 7.89. The molecule has 0 spiro atoms. The van der Waals surface area contributed by atoms with Crippen molar-refractivity contribution in [3.8, 4) is 0 Å². The zero-order chi connectivity index (χ0) is 9.61. The van der Waals surface area contributed by atoms with Crippen LogP contribution in [0.4, 0.5) is 0 Å². The van der Waals surface area contributed by atoms with E-state index in [2.05, 4.69) is 22.4 Å². The minimum Gasteiger partial charge on any atom is -0.384 e. The van der Waals surface area contributed by atoms with Crippen LogP contribution >= 0.6 is 12.2 Å². The molecule has 0 amide bonds. The predicted octanol–water partition coefficient (Wildman–Crippen LogP) is -1.70. The Hall–Kier alpha value is -0.440. The first-order valence-electron chi connectivity index (χ1n) is 3.02. The Morgan fingerprint density at radius 1 is 1.67 bits per heavy atom. The summed E-state index contributed by atoms with van der Waals surface area (Å²) < 4.78 is 26.4. The number of thiocarbonyl (C=S) groups is 1. The first-order valence-corrected chi connectivity index (χ1v) is 5.08. The maximum absolute atomic E-state index is 10.9. The fraction of sp³-hybridized carbons (Fsp3) is 0.750. The molecule has 0 saturated heterocycles. The van der Waals surface area contributed by atoms with Crippen LogP contribution in [-0.2, 0) is 14.8 Å². The lowest BCUT2D eigenvalue weighted by Crippen LogP contribution is -2.45. The van der Waals surface area contributed by atoms with Crippen LogP contribution in [0.2, 0.25) is 0 Å². The van der Waals surface area contributed by atoms with Crippen LogP contribution in [-0.4, -0.2) is 33.0 Å². The Morgan fingerprint density at radius 2 is 2.25 bits per heavy atom. The van der Waals surface area contributed by atoms with Crippen molar-refractivity contribution >= 4 is 27.4 Å². The monoisotopic (exact) mass is 213 g/mol. The predicted molar refractivity (Wildman–Crippen MR) is 48.7 cm³/mol. The second-order valence-electron chi connectivity index (χ2n) is 1.90. The molecule has 4 N–H and O–H groups in total. The normalized spacial score (nSPS) is 11.1. The summed E-state index contributed by atoms with van der Waals surface area (Å²) in [4.78, 5) is 1.97. The van der Waals surface area contributed by atoms with Gasteiger partial charge < -0.3 is 10.5 Å². The van der Waals surface area contributed by atoms with Crippen molar-refractivity contribution in [2.75, 3.05) is 19.5 Å². The van der Waals surface area contributed by atoms with Crippen molar-refractivity contribution in [3.05, 3.63) is 0 Å². The highest BCUT2D eigenvalue weighted by atomic mass is 32.2. The first kappa shape index (κ1) is 11.6. The van der Waals surface area contributed by atoms with Crippen LogP contribution in [0.3, 0.4) is 0 Å². The van der Waals surface area contributed by atoms with Gasteiger partial charge in [0.1, 0.15) is 0 Å². The van der Waals surface area contributed by atoms with Crippen LogP contribution in [0.15, 0.2) is 0 Å². The van der Waals surface area contributed by atoms with Gasteiger partial charge in [0.2, 0.25) is 10.0 Å². The van der Waals surface area contributed by atoms with Crippen LogP contribution in [0, 0.1) is 0 Å². The van der Waals surface area contributed by atoms with E-state index in [0.717, 1.165) is 0 Å². The molecule has 0 bridgehead atoms. The molecular formula is C4H11N3O3S2. The molecule has 0 aliphatic rings. The van der Waals surface area contributed by atoms with Gasteiger partial charge >= 0.3 is 0 Å². The summed E-state index contributed by atoms with van der Waals surface area (Å²) in [5.41, 5.74) is 7.10. The number of rotatable bonds is 5. The van der Waals surface area contributed by atoms with Gasteiger partial charge in [0.05, 0.1) is 12.4 Å². The SMILES string of the molecule is COCCS(=O)(=O)NNC(N)=S. The van der Waals surface area contributed by atoms with Crippen LogP contribution in [0.5, 0.6) is 0 Å². The van der Waals surface area contributed by atoms with Crippen molar-refractivity contribution < 1.29 is 13.2 Å². The third-order valence-electron chi connectivity index (χ3n) is 0.886. The number of hydrogen-bond donors (Lipinski definition) is 3. The van der Waals surface area contributed by atoms with Gasteiger partial charge in [-0.3, -0.25) is 5.43 Å². The lowest BCUT2D eigenvalue weighted by atomic mass is 10.9. The Morgan fingerprint density at radius 3 is 2.67 bits per heavy atom. The van der Waals surface area contributed by atoms with Crippen molar-refractivity contribution in [1.82, 2.24) is 10.3 Å². The number of sulfonamides is 1. The summed E-state index contributed by atoms with van der Waals surface area (Å²) in [6, 6.07) is 0. The summed E-state index contributed by atoms with van der Waals surface area (Å²) in [7, 11) is -1.98. The average Bonchev–Trinajstić information content (AvgIpc) is 1.98. The summed E-state index contributed by atoms with van der Waals surface area (Å²) >= 11 is 4.38. The second-order valence-corrected chi connectivity index (χ2v) is 4.18. The van der Waals surface area contributed by atoms with Crippen LogP contribution in [0.1, 0.15) is 0 Å². The molecule has 72 valence electrons. The number of methoxy groups -OCH3 is 1. The van der Waals surface area contributed by atoms with Crippen molar-refractivity contribution in [2.24, 2.45) is 5.73 Å². The molecule has 0 aromatic heterocycles. The summed E-state index contributed by atoms with van der Waals surface area (Å²) in [6.45, 7) is 0.119. The van der Waals surface area contributed by atoms with E-state index >= 15 is 0 Å². The van der Waals surface area contributed by atoms with E-state index in [1.165, 1.54) is 7.11 Å². The van der Waals surface area contributed by atoms with Crippen LogP contribution < -0.4 is 16.0 Å². The van der Waals surface area contributed by atoms with Gasteiger partial charge in [0.15, 0.2) is 5.11 Å². The molecule has 0 fully saturated rings. The molecular weight excluding hydrogens is 202 g/mol. The molecule has 0 unspecified atom stereocenters. The fourth-order valence-corrected chi connectivity index (χ4v) is 1.24. The summed E-state index contributed by atoms with van der Waals surface area (Å²) in [6.07, 6.45) is 0. The summed E-state index contributed by atoms with van der Waals surface area (Å²) in [5.74, 6) is -0.140. The van der Waals surface area contributed by atoms with Gasteiger partial charge in [-0.2, -0.15) is 0 Å². The fourth-order valence-electron chi connectivity index (χ4n) is 0.372. The van der Waals surface area contributed by atoms with Gasteiger partial charge in [0, 0.05) is 7.11 Å². The Labute approximate surface area is 76.5 Å².